The van der Waals surface area contributed by atoms with E-state index in [0.717, 1.165) is 13.8 Å². The number of hydrogen-bond acceptors (Lipinski definition) is 11. The minimum absolute atomic E-state index is 0.568. The highest BCUT2D eigenvalue weighted by Crippen LogP contribution is 2.28. The molecule has 13 nitrogen and oxygen atoms in total. The van der Waals surface area contributed by atoms with Crippen LogP contribution < -0.4 is 10.6 Å². The van der Waals surface area contributed by atoms with E-state index in [-0.39, 0.29) is 0 Å². The first kappa shape index (κ1) is 23.9. The van der Waals surface area contributed by atoms with E-state index < -0.39 is 86.3 Å². The SMILES string of the molecule is CC(=O)N[C@H]1C(O[C@H]2[C@H](O)[C@@H](NC(C)=O)C(O)O[C@@H]2CO)O[C@H](CO)[C@H](O)[C@@H]1O. The fourth-order valence-corrected chi connectivity index (χ4v) is 3.38. The van der Waals surface area contributed by atoms with Crippen LogP contribution in [0.4, 0.5) is 0 Å². The molecule has 0 aromatic heterocycles. The lowest BCUT2D eigenvalue weighted by Gasteiger charge is -2.47. The zero-order valence-electron chi connectivity index (χ0n) is 15.9. The molecule has 0 saturated carbocycles. The average Bonchev–Trinajstić information content (AvgIpc) is 2.65. The first-order valence-corrected chi connectivity index (χ1v) is 9.05. The molecule has 0 radical (unpaired) electrons. The molecule has 10 atom stereocenters. The molecule has 0 spiro atoms. The van der Waals surface area contributed by atoms with E-state index in [1.165, 1.54) is 0 Å². The van der Waals surface area contributed by atoms with Crippen molar-refractivity contribution in [2.75, 3.05) is 13.2 Å². The average molecular weight is 424 g/mol. The molecule has 8 N–H and O–H groups in total. The highest BCUT2D eigenvalue weighted by atomic mass is 16.7. The highest BCUT2D eigenvalue weighted by molar-refractivity contribution is 5.73. The van der Waals surface area contributed by atoms with Gasteiger partial charge in [0, 0.05) is 13.8 Å². The van der Waals surface area contributed by atoms with Crippen molar-refractivity contribution >= 4 is 11.8 Å². The van der Waals surface area contributed by atoms with Gasteiger partial charge in [0.25, 0.3) is 0 Å². The summed E-state index contributed by atoms with van der Waals surface area (Å²) >= 11 is 0. The molecule has 168 valence electrons. The Hall–Kier alpha value is -1.42. The summed E-state index contributed by atoms with van der Waals surface area (Å²) in [5.74, 6) is -1.14. The summed E-state index contributed by atoms with van der Waals surface area (Å²) < 4.78 is 16.3. The number of ether oxygens (including phenoxy) is 3. The van der Waals surface area contributed by atoms with Gasteiger partial charge in [-0.25, -0.2) is 0 Å². The van der Waals surface area contributed by atoms with Gasteiger partial charge in [0.05, 0.1) is 13.2 Å². The molecule has 13 heteroatoms. The topological polar surface area (TPSA) is 207 Å². The fraction of sp³-hybridized carbons (Fsp3) is 0.875. The van der Waals surface area contributed by atoms with E-state index in [0.29, 0.717) is 0 Å². The maximum absolute atomic E-state index is 11.5. The second-order valence-corrected chi connectivity index (χ2v) is 7.00. The van der Waals surface area contributed by atoms with Crippen LogP contribution in [0.15, 0.2) is 0 Å². The lowest BCUT2D eigenvalue weighted by molar-refractivity contribution is -0.327. The first-order chi connectivity index (χ1) is 13.6. The van der Waals surface area contributed by atoms with Crippen LogP contribution in [0.25, 0.3) is 0 Å². The minimum atomic E-state index is -1.64. The van der Waals surface area contributed by atoms with Gasteiger partial charge < -0.3 is 55.5 Å². The predicted octanol–water partition coefficient (Wildman–Crippen LogP) is -5.11. The third-order valence-corrected chi connectivity index (χ3v) is 4.78. The van der Waals surface area contributed by atoms with Crippen LogP contribution in [0.5, 0.6) is 0 Å². The summed E-state index contributed by atoms with van der Waals surface area (Å²) in [5, 5.41) is 64.5. The molecule has 2 amide bonds. The normalized spacial score (nSPS) is 42.9. The number of carbonyl (C=O) groups is 2. The highest BCUT2D eigenvalue weighted by Gasteiger charge is 2.51. The number of carbonyl (C=O) groups excluding carboxylic acids is 2. The number of aliphatic hydroxyl groups is 6. The van der Waals surface area contributed by atoms with Gasteiger partial charge in [-0.05, 0) is 0 Å². The van der Waals surface area contributed by atoms with Crippen molar-refractivity contribution < 1.29 is 54.4 Å². The summed E-state index contributed by atoms with van der Waals surface area (Å²) in [5.41, 5.74) is 0. The lowest BCUT2D eigenvalue weighted by Crippen LogP contribution is -2.69. The molecule has 2 saturated heterocycles. The summed E-state index contributed by atoms with van der Waals surface area (Å²) in [6, 6.07) is -2.59. The maximum atomic E-state index is 11.5. The van der Waals surface area contributed by atoms with Crippen molar-refractivity contribution in [2.24, 2.45) is 0 Å². The number of nitrogens with one attached hydrogen (secondary N) is 2. The van der Waals surface area contributed by atoms with Crippen molar-refractivity contribution in [1.29, 1.82) is 0 Å². The largest absolute Gasteiger partial charge is 0.394 e. The Kier molecular flexibility index (Phi) is 8.28. The van der Waals surface area contributed by atoms with Crippen LogP contribution in [0.1, 0.15) is 13.8 Å². The first-order valence-electron chi connectivity index (χ1n) is 9.05. The van der Waals surface area contributed by atoms with Crippen LogP contribution >= 0.6 is 0 Å². The van der Waals surface area contributed by atoms with Crippen LogP contribution in [-0.4, -0.2) is 117 Å². The second kappa shape index (κ2) is 10.1. The summed E-state index contributed by atoms with van der Waals surface area (Å²) in [7, 11) is 0. The van der Waals surface area contributed by atoms with E-state index in [4.69, 9.17) is 14.2 Å². The van der Waals surface area contributed by atoms with Crippen LogP contribution in [0.3, 0.4) is 0 Å². The zero-order valence-corrected chi connectivity index (χ0v) is 15.9. The van der Waals surface area contributed by atoms with Gasteiger partial charge in [-0.15, -0.1) is 0 Å². The Balaban J connectivity index is 2.26. The van der Waals surface area contributed by atoms with Crippen molar-refractivity contribution in [3.8, 4) is 0 Å². The number of aliphatic hydroxyl groups excluding tert-OH is 6. The second-order valence-electron chi connectivity index (χ2n) is 7.00. The smallest absolute Gasteiger partial charge is 0.217 e. The van der Waals surface area contributed by atoms with Crippen LogP contribution in [0, 0.1) is 0 Å². The molecule has 2 heterocycles. The maximum Gasteiger partial charge on any atom is 0.217 e. The molecule has 0 aromatic rings. The van der Waals surface area contributed by atoms with Crippen molar-refractivity contribution in [3.05, 3.63) is 0 Å². The molecular formula is C16H28N2O11. The molecule has 0 aromatic carbocycles. The molecule has 29 heavy (non-hydrogen) atoms. The summed E-state index contributed by atoms with van der Waals surface area (Å²) in [6.07, 6.45) is -11.7. The summed E-state index contributed by atoms with van der Waals surface area (Å²) in [4.78, 5) is 22.8. The van der Waals surface area contributed by atoms with Gasteiger partial charge in [0.15, 0.2) is 12.6 Å². The summed E-state index contributed by atoms with van der Waals surface area (Å²) in [6.45, 7) is 0.962. The molecular weight excluding hydrogens is 396 g/mol. The fourth-order valence-electron chi connectivity index (χ4n) is 3.38. The van der Waals surface area contributed by atoms with Crippen LogP contribution in [-0.2, 0) is 23.8 Å². The third kappa shape index (κ3) is 5.39. The Morgan fingerprint density at radius 2 is 1.38 bits per heavy atom. The van der Waals surface area contributed by atoms with Gasteiger partial charge in [-0.2, -0.15) is 0 Å². The van der Waals surface area contributed by atoms with E-state index in [1.54, 1.807) is 0 Å². The molecule has 2 aliphatic heterocycles. The molecule has 0 bridgehead atoms. The molecule has 2 fully saturated rings. The zero-order chi connectivity index (χ0) is 21.9. The van der Waals surface area contributed by atoms with Gasteiger partial charge in [-0.3, -0.25) is 9.59 Å². The quantitative estimate of drug-likeness (QED) is 0.202. The molecule has 2 rings (SSSR count). The van der Waals surface area contributed by atoms with Gasteiger partial charge in [0.2, 0.25) is 11.8 Å². The Morgan fingerprint density at radius 1 is 0.828 bits per heavy atom. The molecule has 2 unspecified atom stereocenters. The number of hydrogen-bond donors (Lipinski definition) is 8. The lowest BCUT2D eigenvalue weighted by atomic mass is 9.94. The van der Waals surface area contributed by atoms with E-state index in [1.807, 2.05) is 0 Å². The monoisotopic (exact) mass is 424 g/mol. The Morgan fingerprint density at radius 3 is 1.90 bits per heavy atom. The molecule has 2 aliphatic rings. The van der Waals surface area contributed by atoms with Gasteiger partial charge in [-0.1, -0.05) is 0 Å². The van der Waals surface area contributed by atoms with Gasteiger partial charge >= 0.3 is 0 Å². The Bertz CT molecular complexity index is 579. The van der Waals surface area contributed by atoms with Crippen molar-refractivity contribution in [2.45, 2.75) is 75.1 Å². The third-order valence-electron chi connectivity index (χ3n) is 4.78. The van der Waals surface area contributed by atoms with E-state index in [2.05, 4.69) is 10.6 Å². The van der Waals surface area contributed by atoms with Gasteiger partial charge in [0.1, 0.15) is 48.7 Å². The van der Waals surface area contributed by atoms with E-state index >= 15 is 0 Å². The number of amides is 2. The van der Waals surface area contributed by atoms with Crippen LogP contribution in [0.2, 0.25) is 0 Å². The molecule has 0 aliphatic carbocycles. The van der Waals surface area contributed by atoms with E-state index in [9.17, 15) is 40.2 Å². The predicted molar refractivity (Wildman–Crippen MR) is 91.8 cm³/mol. The van der Waals surface area contributed by atoms with Crippen molar-refractivity contribution in [3.63, 3.8) is 0 Å². The number of rotatable bonds is 6. The Labute approximate surface area is 166 Å². The minimum Gasteiger partial charge on any atom is -0.394 e. The standard InChI is InChI=1S/C16H28N2O11/c1-5(21)17-9-13(25)14(8(4-20)27-15(9)26)29-16-10(18-6(2)22)12(24)11(23)7(3-19)28-16/h7-16,19-20,23-26H,3-4H2,1-2H3,(H,17,21)(H,18,22)/t7-,8-,9-,10-,11+,12-,13-,14-,15?,16?/m1/s1. The van der Waals surface area contributed by atoms with Crippen molar-refractivity contribution in [1.82, 2.24) is 10.6 Å².